The smallest absolute Gasteiger partial charge is 0.387 e. The Morgan fingerprint density at radius 3 is 2.45 bits per heavy atom. The Bertz CT molecular complexity index is 438. The van der Waals surface area contributed by atoms with Gasteiger partial charge in [-0.25, -0.2) is 0 Å². The minimum Gasteiger partial charge on any atom is -0.493 e. The maximum absolute atomic E-state index is 12.2. The quantitative estimate of drug-likeness (QED) is 0.837. The van der Waals surface area contributed by atoms with Gasteiger partial charge < -0.3 is 14.6 Å². The van der Waals surface area contributed by atoms with Crippen LogP contribution in [0.5, 0.6) is 11.5 Å². The third-order valence-corrected chi connectivity index (χ3v) is 3.28. The lowest BCUT2D eigenvalue weighted by Crippen LogP contribution is -2.43. The van der Waals surface area contributed by atoms with Gasteiger partial charge in [-0.05, 0) is 38.6 Å². The van der Waals surface area contributed by atoms with Crippen LogP contribution >= 0.6 is 0 Å². The van der Waals surface area contributed by atoms with Crippen LogP contribution in [0.15, 0.2) is 18.2 Å². The highest BCUT2D eigenvalue weighted by Crippen LogP contribution is 2.30. The summed E-state index contributed by atoms with van der Waals surface area (Å²) in [5.41, 5.74) is 0.512. The summed E-state index contributed by atoms with van der Waals surface area (Å²) in [5, 5.41) is 9.32. The molecule has 0 unspecified atom stereocenters. The van der Waals surface area contributed by atoms with E-state index in [1.165, 1.54) is 13.2 Å². The maximum Gasteiger partial charge on any atom is 0.387 e. The zero-order chi connectivity index (χ0) is 15.3. The first-order valence-corrected chi connectivity index (χ1v) is 6.24. The Morgan fingerprint density at radius 1 is 1.30 bits per heavy atom. The summed E-state index contributed by atoms with van der Waals surface area (Å²) >= 11 is 0. The van der Waals surface area contributed by atoms with Gasteiger partial charge in [0.05, 0.1) is 13.7 Å². The first-order valence-electron chi connectivity index (χ1n) is 6.24. The number of ether oxygens (including phenoxy) is 2. The fourth-order valence-electron chi connectivity index (χ4n) is 1.61. The molecule has 0 fully saturated rings. The summed E-state index contributed by atoms with van der Waals surface area (Å²) in [6.45, 7) is 1.52. The molecule has 20 heavy (non-hydrogen) atoms. The molecule has 0 atom stereocenters. The van der Waals surface area contributed by atoms with Crippen molar-refractivity contribution in [2.24, 2.45) is 0 Å². The molecular weight excluding hydrogens is 268 g/mol. The Hall–Kier alpha value is -1.40. The summed E-state index contributed by atoms with van der Waals surface area (Å²) in [4.78, 5) is 1.97. The van der Waals surface area contributed by atoms with Gasteiger partial charge in [-0.15, -0.1) is 0 Å². The molecule has 0 saturated heterocycles. The van der Waals surface area contributed by atoms with E-state index in [-0.39, 0.29) is 23.6 Å². The lowest BCUT2D eigenvalue weighted by Gasteiger charge is -2.34. The topological polar surface area (TPSA) is 41.9 Å². The number of rotatable bonds is 7. The largest absolute Gasteiger partial charge is 0.493 e. The molecule has 114 valence electrons. The zero-order valence-electron chi connectivity index (χ0n) is 12.2. The Morgan fingerprint density at radius 2 is 1.95 bits per heavy atom. The molecule has 0 spiro atoms. The standard InChI is InChI=1S/C14H21F2NO3/c1-14(2,9-18)17(3)8-10-5-6-11(20-13(15)16)12(7-10)19-4/h5-7,13,18H,8-9H2,1-4H3. The average molecular weight is 289 g/mol. The molecule has 1 N–H and O–H groups in total. The molecule has 0 aliphatic heterocycles. The van der Waals surface area contributed by atoms with Crippen molar-refractivity contribution in [3.63, 3.8) is 0 Å². The van der Waals surface area contributed by atoms with Gasteiger partial charge in [0.25, 0.3) is 0 Å². The number of alkyl halides is 2. The number of halogens is 2. The van der Waals surface area contributed by atoms with E-state index in [1.807, 2.05) is 25.8 Å². The lowest BCUT2D eigenvalue weighted by molar-refractivity contribution is -0.0512. The maximum atomic E-state index is 12.2. The van der Waals surface area contributed by atoms with Crippen molar-refractivity contribution < 1.29 is 23.4 Å². The molecule has 0 aliphatic carbocycles. The van der Waals surface area contributed by atoms with Crippen molar-refractivity contribution in [2.45, 2.75) is 32.5 Å². The van der Waals surface area contributed by atoms with Crippen LogP contribution < -0.4 is 9.47 Å². The van der Waals surface area contributed by atoms with Gasteiger partial charge in [0.15, 0.2) is 11.5 Å². The van der Waals surface area contributed by atoms with E-state index in [0.29, 0.717) is 6.54 Å². The number of likely N-dealkylation sites (N-methyl/N-ethyl adjacent to an activating group) is 1. The van der Waals surface area contributed by atoms with Crippen molar-refractivity contribution >= 4 is 0 Å². The van der Waals surface area contributed by atoms with Crippen LogP contribution in [-0.4, -0.2) is 42.9 Å². The van der Waals surface area contributed by atoms with E-state index < -0.39 is 6.61 Å². The summed E-state index contributed by atoms with van der Waals surface area (Å²) in [5.74, 6) is 0.272. The van der Waals surface area contributed by atoms with Crippen molar-refractivity contribution in [3.8, 4) is 11.5 Å². The number of nitrogens with zero attached hydrogens (tertiary/aromatic N) is 1. The van der Waals surface area contributed by atoms with E-state index in [2.05, 4.69) is 4.74 Å². The predicted molar refractivity (Wildman–Crippen MR) is 72.3 cm³/mol. The molecule has 0 amide bonds. The molecule has 4 nitrogen and oxygen atoms in total. The summed E-state index contributed by atoms with van der Waals surface area (Å²) in [6.07, 6.45) is 0. The molecule has 0 heterocycles. The van der Waals surface area contributed by atoms with E-state index in [1.54, 1.807) is 12.1 Å². The third kappa shape index (κ3) is 4.31. The van der Waals surface area contributed by atoms with Crippen molar-refractivity contribution in [2.75, 3.05) is 20.8 Å². The van der Waals surface area contributed by atoms with Crippen LogP contribution in [0, 0.1) is 0 Å². The van der Waals surface area contributed by atoms with Crippen LogP contribution in [-0.2, 0) is 6.54 Å². The molecule has 0 saturated carbocycles. The molecular formula is C14H21F2NO3. The first kappa shape index (κ1) is 16.7. The lowest BCUT2D eigenvalue weighted by atomic mass is 10.0. The number of aliphatic hydroxyl groups excluding tert-OH is 1. The Labute approximate surface area is 117 Å². The highest BCUT2D eigenvalue weighted by molar-refractivity contribution is 5.43. The van der Waals surface area contributed by atoms with Crippen LogP contribution in [0.25, 0.3) is 0 Å². The van der Waals surface area contributed by atoms with Gasteiger partial charge in [-0.1, -0.05) is 6.07 Å². The molecule has 1 aromatic carbocycles. The number of aliphatic hydroxyl groups is 1. The zero-order valence-corrected chi connectivity index (χ0v) is 12.2. The molecule has 0 aliphatic rings. The highest BCUT2D eigenvalue weighted by atomic mass is 19.3. The summed E-state index contributed by atoms with van der Waals surface area (Å²) in [6, 6.07) is 4.81. The predicted octanol–water partition coefficient (Wildman–Crippen LogP) is 2.50. The van der Waals surface area contributed by atoms with Crippen molar-refractivity contribution in [1.29, 1.82) is 0 Å². The number of methoxy groups -OCH3 is 1. The average Bonchev–Trinajstić information content (AvgIpc) is 2.39. The van der Waals surface area contributed by atoms with Gasteiger partial charge in [-0.3, -0.25) is 4.90 Å². The van der Waals surface area contributed by atoms with Crippen molar-refractivity contribution in [3.05, 3.63) is 23.8 Å². The normalized spacial score (nSPS) is 12.1. The van der Waals surface area contributed by atoms with Gasteiger partial charge in [-0.2, -0.15) is 8.78 Å². The first-order chi connectivity index (χ1) is 9.30. The number of benzene rings is 1. The minimum absolute atomic E-state index is 0.00956. The number of hydrogen-bond acceptors (Lipinski definition) is 4. The second-order valence-corrected chi connectivity index (χ2v) is 5.19. The van der Waals surface area contributed by atoms with E-state index in [4.69, 9.17) is 4.74 Å². The van der Waals surface area contributed by atoms with E-state index in [0.717, 1.165) is 5.56 Å². The number of hydrogen-bond donors (Lipinski definition) is 1. The highest BCUT2D eigenvalue weighted by Gasteiger charge is 2.22. The van der Waals surface area contributed by atoms with Gasteiger partial charge in [0, 0.05) is 12.1 Å². The fraction of sp³-hybridized carbons (Fsp3) is 0.571. The van der Waals surface area contributed by atoms with Gasteiger partial charge in [0.2, 0.25) is 0 Å². The van der Waals surface area contributed by atoms with Gasteiger partial charge >= 0.3 is 6.61 Å². The monoisotopic (exact) mass is 289 g/mol. The Balaban J connectivity index is 2.88. The minimum atomic E-state index is -2.88. The van der Waals surface area contributed by atoms with Crippen LogP contribution in [0.3, 0.4) is 0 Å². The summed E-state index contributed by atoms with van der Waals surface area (Å²) < 4.78 is 33.9. The molecule has 1 rings (SSSR count). The molecule has 0 radical (unpaired) electrons. The van der Waals surface area contributed by atoms with Crippen LogP contribution in [0.1, 0.15) is 19.4 Å². The summed E-state index contributed by atoms with van der Waals surface area (Å²) in [7, 11) is 3.28. The molecule has 0 aromatic heterocycles. The second-order valence-electron chi connectivity index (χ2n) is 5.19. The van der Waals surface area contributed by atoms with Crippen LogP contribution in [0.4, 0.5) is 8.78 Å². The molecule has 1 aromatic rings. The molecule has 0 bridgehead atoms. The second kappa shape index (κ2) is 6.85. The van der Waals surface area contributed by atoms with E-state index in [9.17, 15) is 13.9 Å². The Kier molecular flexibility index (Phi) is 5.71. The van der Waals surface area contributed by atoms with E-state index >= 15 is 0 Å². The fourth-order valence-corrected chi connectivity index (χ4v) is 1.61. The third-order valence-electron chi connectivity index (χ3n) is 3.28. The van der Waals surface area contributed by atoms with Crippen LogP contribution in [0.2, 0.25) is 0 Å². The van der Waals surface area contributed by atoms with Crippen molar-refractivity contribution in [1.82, 2.24) is 4.90 Å². The molecule has 6 heteroatoms. The SMILES string of the molecule is COc1cc(CN(C)C(C)(C)CO)ccc1OC(F)F. The van der Waals surface area contributed by atoms with Gasteiger partial charge in [0.1, 0.15) is 0 Å².